The number of benzene rings is 18. The third kappa shape index (κ3) is 11.9. The number of aromatic nitrogens is 9. The van der Waals surface area contributed by atoms with Crippen LogP contribution in [0, 0.1) is 0 Å². The molecule has 18 aromatic carbocycles. The molecule has 0 fully saturated rings. The number of rotatable bonds is 9. The van der Waals surface area contributed by atoms with Gasteiger partial charge in [-0.05, 0) is 109 Å². The summed E-state index contributed by atoms with van der Waals surface area (Å²) < 4.78 is 45.9. The molecule has 0 aliphatic carbocycles. The van der Waals surface area contributed by atoms with Crippen molar-refractivity contribution in [2.45, 2.75) is 0 Å². The molecule has 15 nitrogen and oxygen atoms in total. The van der Waals surface area contributed by atoms with Gasteiger partial charge in [0.15, 0.2) is 34.2 Å². The van der Waals surface area contributed by atoms with Crippen molar-refractivity contribution in [1.82, 2.24) is 43.6 Å². The molecule has 630 valence electrons. The van der Waals surface area contributed by atoms with E-state index in [0.717, 1.165) is 232 Å². The van der Waals surface area contributed by atoms with Crippen molar-refractivity contribution in [3.8, 4) is 85.0 Å². The molecule has 12 heterocycles. The molecule has 0 bridgehead atoms. The van der Waals surface area contributed by atoms with Gasteiger partial charge < -0.3 is 40.2 Å². The summed E-state index contributed by atoms with van der Waals surface area (Å²) in [5, 5.41) is 16.5. The van der Waals surface area contributed by atoms with Crippen LogP contribution < -0.4 is 0 Å². The first-order valence-corrected chi connectivity index (χ1v) is 45.0. The standard InChI is InChI=1S/3C40H23N3O2/c1-3-11-24(12-4-1)36-39-37(42-40(41-36)25-13-5-2-6-14-25)30-20-19-26(23-34(30)45-39)43-31-17-9-7-16-29(31)35-32(43)22-21-28-27-15-8-10-18-33(27)44-38(28)35;1-3-11-24(12-4-1)37-39-38(42-40(41-37)25-13-5-2-6-14-25)29-20-19-26(21-35(29)45-39)43-32-17-9-7-15-27(32)30-23-36-31(22-33(30)43)28-16-8-10-18-34(28)44-36;1-3-11-24(12-4-1)37-39-38(42-40(41-37)25-13-5-2-6-14-25)29-20-19-26(23-34(29)45-39)43-30-17-9-7-15-27(30)35-31(43)21-22-33-36(35)28-16-8-10-18-32(28)44-33/h3*1-23H. The lowest BCUT2D eigenvalue weighted by Crippen LogP contribution is -1.94. The topological polar surface area (TPSA) is 171 Å². The largest absolute Gasteiger partial charge is 0.456 e. The van der Waals surface area contributed by atoms with Crippen molar-refractivity contribution in [2.75, 3.05) is 0 Å². The molecule has 0 amide bonds. The van der Waals surface area contributed by atoms with Crippen molar-refractivity contribution in [3.05, 3.63) is 419 Å². The monoisotopic (exact) mass is 1730 g/mol. The summed E-state index contributed by atoms with van der Waals surface area (Å²) in [4.78, 5) is 30.2. The lowest BCUT2D eigenvalue weighted by Gasteiger charge is -2.08. The Morgan fingerprint density at radius 3 is 0.933 bits per heavy atom. The van der Waals surface area contributed by atoms with Crippen LogP contribution in [0.5, 0.6) is 0 Å². The highest BCUT2D eigenvalue weighted by atomic mass is 16.4. The van der Waals surface area contributed by atoms with Gasteiger partial charge in [0, 0.05) is 144 Å². The molecule has 0 radical (unpaired) electrons. The summed E-state index contributed by atoms with van der Waals surface area (Å²) in [6.07, 6.45) is 0. The van der Waals surface area contributed by atoms with Gasteiger partial charge in [-0.25, -0.2) is 29.9 Å². The Bertz CT molecular complexity index is 9880. The van der Waals surface area contributed by atoms with Crippen LogP contribution in [0.25, 0.3) is 282 Å². The van der Waals surface area contributed by atoms with Gasteiger partial charge in [-0.15, -0.1) is 0 Å². The summed E-state index contributed by atoms with van der Waals surface area (Å²) >= 11 is 0. The van der Waals surface area contributed by atoms with Crippen molar-refractivity contribution < 1.29 is 26.5 Å². The molecule has 0 N–H and O–H groups in total. The highest BCUT2D eigenvalue weighted by Gasteiger charge is 2.28. The SMILES string of the molecule is c1ccc(-c2nc(-c3ccccc3)c3oc4cc(-n5c6ccccc6c6c7c(ccc65)oc5ccccc57)ccc4c3n2)cc1.c1ccc(-c2nc(-c3ccccc3)c3oc4cc(-n5c6ccccc6c6c7oc8ccccc8c7ccc65)ccc4c3n2)cc1.c1ccc(-c2nc(-c3ccccc3)c3oc4cc(-n5c6ccccc6c6cc7oc8ccccc8c7cc65)ccc4c3n2)cc1. The third-order valence-electron chi connectivity index (χ3n) is 26.4. The number of nitrogens with zero attached hydrogens (tertiary/aromatic N) is 9. The molecule has 135 heavy (non-hydrogen) atoms. The lowest BCUT2D eigenvalue weighted by atomic mass is 10.1. The molecule has 0 atom stereocenters. The molecule has 30 aromatic rings. The van der Waals surface area contributed by atoms with E-state index in [-0.39, 0.29) is 0 Å². The van der Waals surface area contributed by atoms with Crippen LogP contribution >= 0.6 is 0 Å². The zero-order valence-corrected chi connectivity index (χ0v) is 71.8. The zero-order chi connectivity index (χ0) is 88.5. The van der Waals surface area contributed by atoms with E-state index in [1.54, 1.807) is 0 Å². The van der Waals surface area contributed by atoms with Crippen LogP contribution in [0.3, 0.4) is 0 Å². The number of fused-ring (bicyclic) bond motifs is 29. The fourth-order valence-corrected chi connectivity index (χ4v) is 20.4. The van der Waals surface area contributed by atoms with Crippen molar-refractivity contribution >= 4 is 197 Å². The van der Waals surface area contributed by atoms with Crippen LogP contribution in [-0.2, 0) is 0 Å². The Kier molecular flexibility index (Phi) is 16.7. The highest BCUT2D eigenvalue weighted by Crippen LogP contribution is 2.48. The Morgan fingerprint density at radius 2 is 0.474 bits per heavy atom. The summed E-state index contributed by atoms with van der Waals surface area (Å²) in [5.41, 5.74) is 30.0. The van der Waals surface area contributed by atoms with Crippen molar-refractivity contribution in [2.24, 2.45) is 0 Å². The van der Waals surface area contributed by atoms with Gasteiger partial charge in [0.2, 0.25) is 0 Å². The normalized spacial score (nSPS) is 12.0. The van der Waals surface area contributed by atoms with E-state index in [1.807, 2.05) is 182 Å². The first kappa shape index (κ1) is 75.4. The molecule has 15 heteroatoms. The van der Waals surface area contributed by atoms with Crippen LogP contribution in [0.2, 0.25) is 0 Å². The Hall–Kier alpha value is -18.6. The zero-order valence-electron chi connectivity index (χ0n) is 71.8. The van der Waals surface area contributed by atoms with Crippen LogP contribution in [0.4, 0.5) is 0 Å². The van der Waals surface area contributed by atoms with Gasteiger partial charge in [-0.3, -0.25) is 0 Å². The predicted molar refractivity (Wildman–Crippen MR) is 545 cm³/mol. The summed E-state index contributed by atoms with van der Waals surface area (Å²) in [6, 6.07) is 143. The van der Waals surface area contributed by atoms with E-state index < -0.39 is 0 Å². The van der Waals surface area contributed by atoms with E-state index in [0.29, 0.717) is 34.2 Å². The Morgan fingerprint density at radius 1 is 0.156 bits per heavy atom. The molecule has 12 aromatic heterocycles. The molecule has 0 saturated heterocycles. The fourth-order valence-electron chi connectivity index (χ4n) is 20.4. The number of furan rings is 6. The van der Waals surface area contributed by atoms with Gasteiger partial charge in [0.1, 0.15) is 83.9 Å². The first-order chi connectivity index (χ1) is 66.9. The maximum absolute atomic E-state index is 6.65. The second kappa shape index (κ2) is 30.0. The second-order valence-electron chi connectivity index (χ2n) is 34.2. The van der Waals surface area contributed by atoms with Gasteiger partial charge in [-0.1, -0.05) is 291 Å². The minimum Gasteiger partial charge on any atom is -0.456 e. The van der Waals surface area contributed by atoms with Crippen LogP contribution in [0.1, 0.15) is 0 Å². The van der Waals surface area contributed by atoms with E-state index in [1.165, 1.54) is 16.2 Å². The average molecular weight is 1730 g/mol. The van der Waals surface area contributed by atoms with Gasteiger partial charge in [0.05, 0.1) is 38.5 Å². The minimum atomic E-state index is 0.672. The van der Waals surface area contributed by atoms with Gasteiger partial charge in [-0.2, -0.15) is 0 Å². The van der Waals surface area contributed by atoms with E-state index in [9.17, 15) is 0 Å². The molecule has 0 aliphatic heterocycles. The summed E-state index contributed by atoms with van der Waals surface area (Å²) in [5.74, 6) is 2.02. The van der Waals surface area contributed by atoms with Crippen molar-refractivity contribution in [3.63, 3.8) is 0 Å². The predicted octanol–water partition coefficient (Wildman–Crippen LogP) is 32.1. The lowest BCUT2D eigenvalue weighted by molar-refractivity contribution is 0.666. The van der Waals surface area contributed by atoms with Crippen molar-refractivity contribution in [1.29, 1.82) is 0 Å². The molecular weight excluding hydrogens is 1660 g/mol. The van der Waals surface area contributed by atoms with E-state index >= 15 is 0 Å². The third-order valence-corrected chi connectivity index (χ3v) is 26.4. The van der Waals surface area contributed by atoms with E-state index in [2.05, 4.69) is 250 Å². The Balaban J connectivity index is 0.000000101. The quantitative estimate of drug-likeness (QED) is 0.134. The smallest absolute Gasteiger partial charge is 0.180 e. The summed E-state index contributed by atoms with van der Waals surface area (Å²) in [7, 11) is 0. The minimum absolute atomic E-state index is 0.672. The first-order valence-electron chi connectivity index (χ1n) is 45.0. The second-order valence-corrected chi connectivity index (χ2v) is 34.2. The maximum atomic E-state index is 6.65. The number of hydrogen-bond donors (Lipinski definition) is 0. The number of para-hydroxylation sites is 6. The molecule has 0 saturated carbocycles. The molecule has 0 unspecified atom stereocenters. The Labute approximate surface area is 766 Å². The average Bonchev–Trinajstić information content (AvgIpc) is 1.56. The fraction of sp³-hybridized carbons (Fsp3) is 0. The number of hydrogen-bond acceptors (Lipinski definition) is 12. The highest BCUT2D eigenvalue weighted by molar-refractivity contribution is 6.29. The van der Waals surface area contributed by atoms with Gasteiger partial charge >= 0.3 is 0 Å². The summed E-state index contributed by atoms with van der Waals surface area (Å²) in [6.45, 7) is 0. The van der Waals surface area contributed by atoms with Crippen LogP contribution in [-0.4, -0.2) is 43.6 Å². The van der Waals surface area contributed by atoms with Gasteiger partial charge in [0.25, 0.3) is 0 Å². The maximum Gasteiger partial charge on any atom is 0.180 e. The van der Waals surface area contributed by atoms with Crippen LogP contribution in [0.15, 0.2) is 445 Å². The molecule has 0 aliphatic rings. The molecule has 0 spiro atoms. The molecule has 30 rings (SSSR count). The van der Waals surface area contributed by atoms with E-state index in [4.69, 9.17) is 56.4 Å². The molecular formula is C120H69N9O6.